The summed E-state index contributed by atoms with van der Waals surface area (Å²) in [5.41, 5.74) is 2.35. The first-order valence-electron chi connectivity index (χ1n) is 5.41. The molecule has 0 atom stereocenters. The molecular formula is C13H20ClF3. The fraction of sp³-hybridized carbons (Fsp3) is 0.538. The number of hydrogen-bond acceptors (Lipinski definition) is 0. The molecule has 0 radical (unpaired) electrons. The van der Waals surface area contributed by atoms with Crippen LogP contribution in [0.2, 0.25) is 5.02 Å². The van der Waals surface area contributed by atoms with Crippen molar-refractivity contribution >= 4 is 11.6 Å². The zero-order valence-corrected chi connectivity index (χ0v) is 11.7. The molecule has 0 aliphatic heterocycles. The van der Waals surface area contributed by atoms with Gasteiger partial charge in [0.25, 0.3) is 0 Å². The van der Waals surface area contributed by atoms with E-state index in [1.807, 2.05) is 26.0 Å². The molecule has 0 unspecified atom stereocenters. The highest BCUT2D eigenvalue weighted by molar-refractivity contribution is 6.31. The van der Waals surface area contributed by atoms with E-state index in [0.29, 0.717) is 0 Å². The second kappa shape index (κ2) is 9.34. The van der Waals surface area contributed by atoms with Gasteiger partial charge in [-0.25, -0.2) is 0 Å². The molecule has 100 valence electrons. The molecule has 17 heavy (non-hydrogen) atoms. The Hall–Kier alpha value is -0.700. The molecule has 0 nitrogen and oxygen atoms in total. The molecule has 0 bridgehead atoms. The molecule has 4 heteroatoms. The molecule has 0 heterocycles. The van der Waals surface area contributed by atoms with Gasteiger partial charge in [0.15, 0.2) is 0 Å². The highest BCUT2D eigenvalue weighted by Crippen LogP contribution is 2.15. The first-order valence-corrected chi connectivity index (χ1v) is 5.79. The summed E-state index contributed by atoms with van der Waals surface area (Å²) in [5, 5.41) is 0.856. The molecule has 1 aromatic carbocycles. The maximum Gasteiger partial charge on any atom is 0.386 e. The summed E-state index contributed by atoms with van der Waals surface area (Å²) >= 11 is 5.81. The van der Waals surface area contributed by atoms with E-state index >= 15 is 0 Å². The van der Waals surface area contributed by atoms with Crippen LogP contribution in [-0.2, 0) is 0 Å². The van der Waals surface area contributed by atoms with Gasteiger partial charge in [-0.1, -0.05) is 44.0 Å². The monoisotopic (exact) mass is 268 g/mol. The summed E-state index contributed by atoms with van der Waals surface area (Å²) in [6.45, 7) is 8.47. The number of alkyl halides is 3. The van der Waals surface area contributed by atoms with Gasteiger partial charge < -0.3 is 0 Å². The van der Waals surface area contributed by atoms with Crippen LogP contribution in [0.3, 0.4) is 0 Å². The largest absolute Gasteiger partial charge is 0.386 e. The average Bonchev–Trinajstić information content (AvgIpc) is 2.10. The van der Waals surface area contributed by atoms with Crippen LogP contribution in [0.5, 0.6) is 0 Å². The molecule has 1 rings (SSSR count). The second-order valence-electron chi connectivity index (χ2n) is 3.74. The normalized spacial score (nSPS) is 9.71. The van der Waals surface area contributed by atoms with Crippen LogP contribution in [0.1, 0.15) is 38.3 Å². The third-order valence-corrected chi connectivity index (χ3v) is 1.73. The van der Waals surface area contributed by atoms with Crippen molar-refractivity contribution < 1.29 is 13.2 Å². The molecular weight excluding hydrogens is 249 g/mol. The third-order valence-electron chi connectivity index (χ3n) is 1.33. The van der Waals surface area contributed by atoms with E-state index < -0.39 is 6.18 Å². The Balaban J connectivity index is 0. The fourth-order valence-corrected chi connectivity index (χ4v) is 0.933. The van der Waals surface area contributed by atoms with Crippen molar-refractivity contribution in [3.8, 4) is 0 Å². The van der Waals surface area contributed by atoms with E-state index in [1.165, 1.54) is 12.0 Å². The van der Waals surface area contributed by atoms with Gasteiger partial charge >= 0.3 is 6.18 Å². The zero-order valence-electron chi connectivity index (χ0n) is 11.0. The summed E-state index contributed by atoms with van der Waals surface area (Å²) in [6, 6.07) is 6.05. The van der Waals surface area contributed by atoms with Gasteiger partial charge in [-0.15, -0.1) is 0 Å². The highest BCUT2D eigenvalue weighted by atomic mass is 35.5. The molecule has 0 fully saturated rings. The molecule has 0 aromatic heterocycles. The smallest absolute Gasteiger partial charge is 0.172 e. The quantitative estimate of drug-likeness (QED) is 0.546. The molecule has 0 N–H and O–H groups in total. The van der Waals surface area contributed by atoms with Crippen molar-refractivity contribution in [2.45, 2.75) is 47.2 Å². The third kappa shape index (κ3) is 17.9. The first-order chi connectivity index (χ1) is 7.61. The minimum absolute atomic E-state index is 0.188. The molecule has 0 spiro atoms. The van der Waals surface area contributed by atoms with Crippen LogP contribution in [0.15, 0.2) is 18.2 Å². The minimum Gasteiger partial charge on any atom is -0.172 e. The van der Waals surface area contributed by atoms with Gasteiger partial charge in [0, 0.05) is 11.9 Å². The Morgan fingerprint density at radius 3 is 1.71 bits per heavy atom. The maximum atomic E-state index is 10.4. The van der Waals surface area contributed by atoms with Crippen molar-refractivity contribution in [3.05, 3.63) is 34.3 Å². The van der Waals surface area contributed by atoms with Crippen LogP contribution in [0.25, 0.3) is 0 Å². The van der Waals surface area contributed by atoms with Crippen molar-refractivity contribution in [2.24, 2.45) is 0 Å². The SMILES string of the molecule is CC(F)(F)F.CCC.Cc1ccc(C)c(Cl)c1. The van der Waals surface area contributed by atoms with E-state index in [1.54, 1.807) is 0 Å². The number of halogens is 4. The fourth-order valence-electron chi connectivity index (χ4n) is 0.698. The molecule has 0 aliphatic rings. The van der Waals surface area contributed by atoms with E-state index in [0.717, 1.165) is 10.6 Å². The minimum atomic E-state index is -4.00. The predicted molar refractivity (Wildman–Crippen MR) is 68.6 cm³/mol. The van der Waals surface area contributed by atoms with Crippen LogP contribution in [0, 0.1) is 13.8 Å². The van der Waals surface area contributed by atoms with Crippen molar-refractivity contribution in [1.82, 2.24) is 0 Å². The molecule has 1 aromatic rings. The maximum absolute atomic E-state index is 10.4. The van der Waals surface area contributed by atoms with Crippen LogP contribution < -0.4 is 0 Å². The first kappa shape index (κ1) is 18.7. The molecule has 0 amide bonds. The number of rotatable bonds is 0. The summed E-state index contributed by atoms with van der Waals surface area (Å²) < 4.78 is 31.1. The Morgan fingerprint density at radius 1 is 1.12 bits per heavy atom. The van der Waals surface area contributed by atoms with E-state index in [2.05, 4.69) is 19.9 Å². The van der Waals surface area contributed by atoms with Gasteiger partial charge in [-0.3, -0.25) is 0 Å². The zero-order chi connectivity index (χ0) is 14.1. The predicted octanol–water partition coefficient (Wildman–Crippen LogP) is 5.94. The number of hydrogen-bond donors (Lipinski definition) is 0. The summed E-state index contributed by atoms with van der Waals surface area (Å²) in [4.78, 5) is 0. The molecule has 0 saturated heterocycles. The average molecular weight is 269 g/mol. The van der Waals surface area contributed by atoms with E-state index in [-0.39, 0.29) is 6.92 Å². The van der Waals surface area contributed by atoms with E-state index in [9.17, 15) is 13.2 Å². The Kier molecular flexibility index (Phi) is 10.3. The lowest BCUT2D eigenvalue weighted by Crippen LogP contribution is -1.95. The van der Waals surface area contributed by atoms with Crippen molar-refractivity contribution in [3.63, 3.8) is 0 Å². The van der Waals surface area contributed by atoms with E-state index in [4.69, 9.17) is 11.6 Å². The Morgan fingerprint density at radius 2 is 1.47 bits per heavy atom. The van der Waals surface area contributed by atoms with Gasteiger partial charge in [-0.2, -0.15) is 13.2 Å². The van der Waals surface area contributed by atoms with Gasteiger partial charge in [0.1, 0.15) is 0 Å². The number of benzene rings is 1. The van der Waals surface area contributed by atoms with Crippen LogP contribution in [0.4, 0.5) is 13.2 Å². The highest BCUT2D eigenvalue weighted by Gasteiger charge is 2.15. The van der Waals surface area contributed by atoms with Crippen molar-refractivity contribution in [1.29, 1.82) is 0 Å². The van der Waals surface area contributed by atoms with Gasteiger partial charge in [0.05, 0.1) is 0 Å². The molecule has 0 aliphatic carbocycles. The summed E-state index contributed by atoms with van der Waals surface area (Å²) in [7, 11) is 0. The Bertz CT molecular complexity index is 300. The Labute approximate surface area is 107 Å². The molecule has 0 saturated carbocycles. The topological polar surface area (TPSA) is 0 Å². The van der Waals surface area contributed by atoms with Crippen molar-refractivity contribution in [2.75, 3.05) is 0 Å². The second-order valence-corrected chi connectivity index (χ2v) is 4.15. The van der Waals surface area contributed by atoms with Crippen LogP contribution in [-0.4, -0.2) is 6.18 Å². The number of aryl methyl sites for hydroxylation is 2. The van der Waals surface area contributed by atoms with Crippen LogP contribution >= 0.6 is 11.6 Å². The standard InChI is InChI=1S/C8H9Cl.C3H8.C2H3F3/c1-6-3-4-7(2)8(9)5-6;1-3-2;1-2(3,4)5/h3-5H,1-2H3;3H2,1-2H3;1H3. The lowest BCUT2D eigenvalue weighted by molar-refractivity contribution is -0.110. The summed E-state index contributed by atoms with van der Waals surface area (Å²) in [5.74, 6) is 0. The lowest BCUT2D eigenvalue weighted by atomic mass is 10.2. The lowest BCUT2D eigenvalue weighted by Gasteiger charge is -1.96. The van der Waals surface area contributed by atoms with Gasteiger partial charge in [0.2, 0.25) is 0 Å². The van der Waals surface area contributed by atoms with Gasteiger partial charge in [-0.05, 0) is 31.0 Å². The summed E-state index contributed by atoms with van der Waals surface area (Å²) in [6.07, 6.45) is -2.75.